The molecule has 0 bridgehead atoms. The van der Waals surface area contributed by atoms with Crippen LogP contribution in [0.4, 0.5) is 0 Å². The number of amides is 1. The van der Waals surface area contributed by atoms with Gasteiger partial charge in [-0.05, 0) is 23.6 Å². The number of para-hydroxylation sites is 1. The fourth-order valence-corrected chi connectivity index (χ4v) is 3.43. The molecule has 4 heteroatoms. The smallest absolute Gasteiger partial charge is 0.244 e. The molecule has 1 aromatic heterocycles. The van der Waals surface area contributed by atoms with Crippen LogP contribution in [-0.4, -0.2) is 10.5 Å². The van der Waals surface area contributed by atoms with Gasteiger partial charge in [-0.3, -0.25) is 4.79 Å². The first-order valence-corrected chi connectivity index (χ1v) is 9.58. The van der Waals surface area contributed by atoms with Crippen LogP contribution in [0.25, 0.3) is 17.0 Å². The van der Waals surface area contributed by atoms with Crippen molar-refractivity contribution in [3.63, 3.8) is 0 Å². The van der Waals surface area contributed by atoms with Crippen LogP contribution in [0.3, 0.4) is 0 Å². The van der Waals surface area contributed by atoms with E-state index >= 15 is 0 Å². The maximum atomic E-state index is 12.6. The highest BCUT2D eigenvalue weighted by atomic mass is 16.1. The number of carbonyl (C=O) groups is 1. The molecule has 4 nitrogen and oxygen atoms in total. The zero-order valence-electron chi connectivity index (χ0n) is 16.3. The van der Waals surface area contributed by atoms with Crippen LogP contribution in [0.15, 0.2) is 66.9 Å². The van der Waals surface area contributed by atoms with Gasteiger partial charge < -0.3 is 9.88 Å². The molecule has 0 spiro atoms. The van der Waals surface area contributed by atoms with Crippen molar-refractivity contribution in [2.24, 2.45) is 5.92 Å². The largest absolute Gasteiger partial charge is 0.346 e. The minimum absolute atomic E-state index is 0.0321. The van der Waals surface area contributed by atoms with E-state index in [1.165, 1.54) is 0 Å². The first kappa shape index (κ1) is 19.4. The Kier molecular flexibility index (Phi) is 6.29. The third kappa shape index (κ3) is 4.50. The monoisotopic (exact) mass is 371 g/mol. The molecule has 1 unspecified atom stereocenters. The van der Waals surface area contributed by atoms with E-state index in [0.29, 0.717) is 13.0 Å². The van der Waals surface area contributed by atoms with Crippen LogP contribution in [0.5, 0.6) is 0 Å². The molecule has 3 rings (SSSR count). The normalized spacial score (nSPS) is 12.4. The molecule has 0 aliphatic heterocycles. The van der Waals surface area contributed by atoms with E-state index in [1.54, 1.807) is 6.08 Å². The molecule has 0 saturated heterocycles. The molecule has 0 radical (unpaired) electrons. The third-order valence-corrected chi connectivity index (χ3v) is 4.82. The second-order valence-corrected chi connectivity index (χ2v) is 7.18. The van der Waals surface area contributed by atoms with Crippen molar-refractivity contribution in [3.8, 4) is 6.07 Å². The third-order valence-electron chi connectivity index (χ3n) is 4.82. The van der Waals surface area contributed by atoms with Gasteiger partial charge in [0.25, 0.3) is 0 Å². The lowest BCUT2D eigenvalue weighted by Crippen LogP contribution is -2.30. The number of carbonyl (C=O) groups excluding carboxylic acids is 1. The molecule has 28 heavy (non-hydrogen) atoms. The number of hydrogen-bond acceptors (Lipinski definition) is 2. The molecular formula is C24H25N3O. The van der Waals surface area contributed by atoms with Gasteiger partial charge in [0.05, 0.1) is 18.5 Å². The second-order valence-electron chi connectivity index (χ2n) is 7.18. The van der Waals surface area contributed by atoms with Gasteiger partial charge in [0.2, 0.25) is 5.91 Å². The highest BCUT2D eigenvalue weighted by molar-refractivity contribution is 5.96. The maximum Gasteiger partial charge on any atom is 0.244 e. The van der Waals surface area contributed by atoms with Crippen molar-refractivity contribution in [1.29, 1.82) is 5.26 Å². The molecule has 1 atom stereocenters. The Morgan fingerprint density at radius 2 is 1.86 bits per heavy atom. The molecule has 0 fully saturated rings. The Morgan fingerprint density at radius 1 is 1.14 bits per heavy atom. The zero-order valence-corrected chi connectivity index (χ0v) is 16.3. The van der Waals surface area contributed by atoms with Gasteiger partial charge in [-0.2, -0.15) is 5.26 Å². The number of benzene rings is 2. The number of nitrogens with one attached hydrogen (secondary N) is 1. The topological polar surface area (TPSA) is 57.8 Å². The minimum Gasteiger partial charge on any atom is -0.346 e. The van der Waals surface area contributed by atoms with E-state index in [9.17, 15) is 4.79 Å². The molecule has 3 aromatic rings. The lowest BCUT2D eigenvalue weighted by Gasteiger charge is -2.22. The van der Waals surface area contributed by atoms with Crippen LogP contribution in [0, 0.1) is 17.2 Å². The van der Waals surface area contributed by atoms with E-state index in [4.69, 9.17) is 5.26 Å². The number of aromatic nitrogens is 1. The van der Waals surface area contributed by atoms with Crippen LogP contribution in [-0.2, 0) is 11.3 Å². The van der Waals surface area contributed by atoms with Crippen LogP contribution < -0.4 is 5.32 Å². The Bertz CT molecular complexity index is 1010. The fraction of sp³-hybridized carbons (Fsp3) is 0.250. The van der Waals surface area contributed by atoms with Crippen molar-refractivity contribution in [2.75, 3.05) is 0 Å². The van der Waals surface area contributed by atoms with Crippen LogP contribution in [0.2, 0.25) is 0 Å². The molecule has 0 saturated carbocycles. The average molecular weight is 371 g/mol. The standard InChI is InChI=1S/C24H25N3O/c1-18(2)24(19-9-4-3-5-10-19)26-23(28)14-13-20-17-27(16-8-15-25)22-12-7-6-11-21(20)22/h3-7,9-14,17-18,24H,8,16H2,1-2H3,(H,26,28). The first-order chi connectivity index (χ1) is 13.6. The quantitative estimate of drug-likeness (QED) is 0.589. The average Bonchev–Trinajstić information content (AvgIpc) is 3.07. The number of hydrogen-bond donors (Lipinski definition) is 1. The first-order valence-electron chi connectivity index (χ1n) is 9.58. The molecule has 0 aliphatic carbocycles. The van der Waals surface area contributed by atoms with E-state index in [0.717, 1.165) is 22.0 Å². The number of rotatable bonds is 7. The Balaban J connectivity index is 1.79. The molecule has 1 N–H and O–H groups in total. The second kappa shape index (κ2) is 9.05. The number of aryl methyl sites for hydroxylation is 1. The minimum atomic E-state index is -0.114. The summed E-state index contributed by atoms with van der Waals surface area (Å²) in [6.07, 6.45) is 5.90. The fourth-order valence-electron chi connectivity index (χ4n) is 3.43. The van der Waals surface area contributed by atoms with Crippen LogP contribution >= 0.6 is 0 Å². The summed E-state index contributed by atoms with van der Waals surface area (Å²) in [7, 11) is 0. The highest BCUT2D eigenvalue weighted by Gasteiger charge is 2.17. The van der Waals surface area contributed by atoms with Gasteiger partial charge in [-0.1, -0.05) is 62.4 Å². The summed E-state index contributed by atoms with van der Waals surface area (Å²) in [6, 6.07) is 20.2. The van der Waals surface area contributed by atoms with E-state index in [1.807, 2.05) is 66.9 Å². The molecule has 0 aliphatic rings. The Morgan fingerprint density at radius 3 is 2.57 bits per heavy atom. The molecule has 1 amide bonds. The highest BCUT2D eigenvalue weighted by Crippen LogP contribution is 2.24. The predicted molar refractivity (Wildman–Crippen MR) is 113 cm³/mol. The van der Waals surface area contributed by atoms with Crippen LogP contribution in [0.1, 0.15) is 37.4 Å². The molecular weight excluding hydrogens is 346 g/mol. The van der Waals surface area contributed by atoms with E-state index < -0.39 is 0 Å². The van der Waals surface area contributed by atoms with Gasteiger partial charge >= 0.3 is 0 Å². The van der Waals surface area contributed by atoms with E-state index in [-0.39, 0.29) is 17.9 Å². The molecule has 1 heterocycles. The maximum absolute atomic E-state index is 12.6. The summed E-state index contributed by atoms with van der Waals surface area (Å²) in [5.41, 5.74) is 3.15. The van der Waals surface area contributed by atoms with Crippen molar-refractivity contribution in [3.05, 3.63) is 78.0 Å². The predicted octanol–water partition coefficient (Wildman–Crippen LogP) is 5.08. The lowest BCUT2D eigenvalue weighted by atomic mass is 9.96. The summed E-state index contributed by atoms with van der Waals surface area (Å²) >= 11 is 0. The molecule has 142 valence electrons. The Labute approximate surface area is 166 Å². The summed E-state index contributed by atoms with van der Waals surface area (Å²) in [5.74, 6) is 0.170. The van der Waals surface area contributed by atoms with Gasteiger partial charge in [-0.25, -0.2) is 0 Å². The number of fused-ring (bicyclic) bond motifs is 1. The number of nitriles is 1. The van der Waals surface area contributed by atoms with Gasteiger partial charge in [-0.15, -0.1) is 0 Å². The van der Waals surface area contributed by atoms with Gasteiger partial charge in [0.1, 0.15) is 0 Å². The summed E-state index contributed by atoms with van der Waals surface area (Å²) in [6.45, 7) is 4.84. The number of nitrogens with zero attached hydrogens (tertiary/aromatic N) is 2. The van der Waals surface area contributed by atoms with E-state index in [2.05, 4.69) is 29.8 Å². The van der Waals surface area contributed by atoms with Crippen molar-refractivity contribution in [2.45, 2.75) is 32.9 Å². The SMILES string of the molecule is CC(C)C(NC(=O)C=Cc1cn(CCC#N)c2ccccc12)c1ccccc1. The lowest BCUT2D eigenvalue weighted by molar-refractivity contribution is -0.117. The van der Waals surface area contributed by atoms with Gasteiger partial charge in [0, 0.05) is 35.3 Å². The zero-order chi connectivity index (χ0) is 19.9. The van der Waals surface area contributed by atoms with Gasteiger partial charge in [0.15, 0.2) is 0 Å². The van der Waals surface area contributed by atoms with Crippen molar-refractivity contribution >= 4 is 22.9 Å². The van der Waals surface area contributed by atoms with Crippen molar-refractivity contribution < 1.29 is 4.79 Å². The summed E-state index contributed by atoms with van der Waals surface area (Å²) < 4.78 is 2.07. The van der Waals surface area contributed by atoms with Crippen molar-refractivity contribution in [1.82, 2.24) is 9.88 Å². The summed E-state index contributed by atoms with van der Waals surface area (Å²) in [4.78, 5) is 12.6. The molecule has 2 aromatic carbocycles. The Hall–Kier alpha value is -3.32. The summed E-state index contributed by atoms with van der Waals surface area (Å²) in [5, 5.41) is 13.1.